The van der Waals surface area contributed by atoms with Crippen LogP contribution in [0.15, 0.2) is 0 Å². The molecule has 1 N–H and O–H groups in total. The zero-order chi connectivity index (χ0) is 8.20. The van der Waals surface area contributed by atoms with Crippen LogP contribution in [0.4, 0.5) is 0 Å². The molecule has 0 aliphatic rings. The van der Waals surface area contributed by atoms with Gasteiger partial charge >= 0.3 is 5.97 Å². The van der Waals surface area contributed by atoms with Gasteiger partial charge in [-0.1, -0.05) is 27.2 Å². The van der Waals surface area contributed by atoms with E-state index < -0.39 is 5.97 Å². The molecule has 60 valence electrons. The van der Waals surface area contributed by atoms with Gasteiger partial charge in [0.2, 0.25) is 0 Å². The molecular weight excluding hydrogens is 128 g/mol. The average Bonchev–Trinajstić information content (AvgIpc) is 1.59. The van der Waals surface area contributed by atoms with Crippen LogP contribution in [-0.2, 0) is 4.79 Å². The predicted octanol–water partition coefficient (Wildman–Crippen LogP) is 2.29. The van der Waals surface area contributed by atoms with Crippen LogP contribution in [-0.4, -0.2) is 11.1 Å². The summed E-state index contributed by atoms with van der Waals surface area (Å²) in [6.45, 7) is 6.05. The molecule has 0 unspecified atom stereocenters. The summed E-state index contributed by atoms with van der Waals surface area (Å²) in [5, 5.41) is 8.48. The van der Waals surface area contributed by atoms with Crippen LogP contribution in [0.25, 0.3) is 0 Å². The predicted molar refractivity (Wildman–Crippen MR) is 40.9 cm³/mol. The number of aliphatic carboxylic acids is 1. The standard InChI is InChI=1S/C8H16O2/c1-4-5-8(2,3)6-7(9)10/h4-6H2,1-3H3,(H,9,10). The minimum Gasteiger partial charge on any atom is -0.481 e. The molecule has 0 aromatic carbocycles. The summed E-state index contributed by atoms with van der Waals surface area (Å²) in [5.41, 5.74) is -0.0272. The van der Waals surface area contributed by atoms with Gasteiger partial charge in [-0.05, 0) is 11.8 Å². The van der Waals surface area contributed by atoms with Crippen molar-refractivity contribution in [3.8, 4) is 0 Å². The highest BCUT2D eigenvalue weighted by molar-refractivity contribution is 5.67. The highest BCUT2D eigenvalue weighted by Crippen LogP contribution is 2.25. The maximum atomic E-state index is 10.3. The Morgan fingerprint density at radius 3 is 2.30 bits per heavy atom. The first-order valence-electron chi connectivity index (χ1n) is 3.70. The minimum atomic E-state index is -0.696. The van der Waals surface area contributed by atoms with E-state index in [9.17, 15) is 4.79 Å². The number of hydrogen-bond acceptors (Lipinski definition) is 1. The van der Waals surface area contributed by atoms with Crippen LogP contribution in [0.5, 0.6) is 0 Å². The molecule has 0 aliphatic heterocycles. The maximum Gasteiger partial charge on any atom is 0.303 e. The lowest BCUT2D eigenvalue weighted by molar-refractivity contribution is -0.139. The van der Waals surface area contributed by atoms with Crippen LogP contribution in [0, 0.1) is 5.41 Å². The quantitative estimate of drug-likeness (QED) is 0.657. The van der Waals surface area contributed by atoms with Crippen LogP contribution in [0.3, 0.4) is 0 Å². The van der Waals surface area contributed by atoms with E-state index in [4.69, 9.17) is 5.11 Å². The van der Waals surface area contributed by atoms with Crippen molar-refractivity contribution >= 4 is 5.97 Å². The maximum absolute atomic E-state index is 10.3. The topological polar surface area (TPSA) is 37.3 Å². The lowest BCUT2D eigenvalue weighted by Gasteiger charge is -2.20. The molecule has 0 fully saturated rings. The molecule has 0 radical (unpaired) electrons. The summed E-state index contributed by atoms with van der Waals surface area (Å²) >= 11 is 0. The monoisotopic (exact) mass is 144 g/mol. The molecule has 0 spiro atoms. The Hall–Kier alpha value is -0.530. The van der Waals surface area contributed by atoms with Crippen molar-refractivity contribution in [3.63, 3.8) is 0 Å². The van der Waals surface area contributed by atoms with E-state index in [-0.39, 0.29) is 11.8 Å². The highest BCUT2D eigenvalue weighted by Gasteiger charge is 2.19. The fraction of sp³-hybridized carbons (Fsp3) is 0.875. The third-order valence-electron chi connectivity index (χ3n) is 1.56. The normalized spacial score (nSPS) is 11.5. The summed E-state index contributed by atoms with van der Waals surface area (Å²) in [6, 6.07) is 0. The molecule has 0 aliphatic carbocycles. The number of carbonyl (C=O) groups is 1. The Labute approximate surface area is 62.2 Å². The third kappa shape index (κ3) is 4.36. The van der Waals surface area contributed by atoms with Crippen LogP contribution in [0.2, 0.25) is 0 Å². The van der Waals surface area contributed by atoms with Gasteiger partial charge in [-0.3, -0.25) is 4.79 Å². The molecule has 0 heterocycles. The van der Waals surface area contributed by atoms with E-state index in [2.05, 4.69) is 6.92 Å². The van der Waals surface area contributed by atoms with Crippen molar-refractivity contribution in [2.75, 3.05) is 0 Å². The summed E-state index contributed by atoms with van der Waals surface area (Å²) in [4.78, 5) is 10.3. The Balaban J connectivity index is 3.74. The number of hydrogen-bond donors (Lipinski definition) is 1. The van der Waals surface area contributed by atoms with Crippen LogP contribution < -0.4 is 0 Å². The second-order valence-corrected chi connectivity index (χ2v) is 3.48. The Morgan fingerprint density at radius 2 is 2.00 bits per heavy atom. The van der Waals surface area contributed by atoms with E-state index in [1.54, 1.807) is 0 Å². The van der Waals surface area contributed by atoms with Gasteiger partial charge in [-0.25, -0.2) is 0 Å². The van der Waals surface area contributed by atoms with Crippen molar-refractivity contribution in [2.24, 2.45) is 5.41 Å². The first-order valence-corrected chi connectivity index (χ1v) is 3.70. The van der Waals surface area contributed by atoms with Crippen LogP contribution >= 0.6 is 0 Å². The van der Waals surface area contributed by atoms with Crippen molar-refractivity contribution < 1.29 is 9.90 Å². The molecule has 0 atom stereocenters. The van der Waals surface area contributed by atoms with Crippen molar-refractivity contribution in [2.45, 2.75) is 40.0 Å². The van der Waals surface area contributed by atoms with E-state index >= 15 is 0 Å². The molecule has 0 saturated carbocycles. The van der Waals surface area contributed by atoms with Gasteiger partial charge in [-0.15, -0.1) is 0 Å². The second kappa shape index (κ2) is 3.59. The van der Waals surface area contributed by atoms with Crippen molar-refractivity contribution in [1.29, 1.82) is 0 Å². The van der Waals surface area contributed by atoms with Gasteiger partial charge in [0.1, 0.15) is 0 Å². The molecular formula is C8H16O2. The summed E-state index contributed by atoms with van der Waals surface area (Å²) in [7, 11) is 0. The molecule has 0 bridgehead atoms. The lowest BCUT2D eigenvalue weighted by atomic mass is 9.85. The van der Waals surface area contributed by atoms with E-state index in [1.165, 1.54) is 0 Å². The van der Waals surface area contributed by atoms with Gasteiger partial charge < -0.3 is 5.11 Å². The molecule has 10 heavy (non-hydrogen) atoms. The molecule has 2 heteroatoms. The van der Waals surface area contributed by atoms with Crippen molar-refractivity contribution in [1.82, 2.24) is 0 Å². The third-order valence-corrected chi connectivity index (χ3v) is 1.56. The zero-order valence-corrected chi connectivity index (χ0v) is 6.98. The first-order chi connectivity index (χ1) is 4.48. The molecule has 2 nitrogen and oxygen atoms in total. The second-order valence-electron chi connectivity index (χ2n) is 3.48. The Kier molecular flexibility index (Phi) is 3.40. The van der Waals surface area contributed by atoms with Gasteiger partial charge in [0.05, 0.1) is 6.42 Å². The summed E-state index contributed by atoms with van der Waals surface area (Å²) in [5.74, 6) is -0.696. The number of carboxylic acid groups (broad SMARTS) is 1. The molecule has 0 aromatic rings. The number of rotatable bonds is 4. The molecule has 0 saturated heterocycles. The zero-order valence-electron chi connectivity index (χ0n) is 6.98. The van der Waals surface area contributed by atoms with Gasteiger partial charge in [0.15, 0.2) is 0 Å². The van der Waals surface area contributed by atoms with Crippen molar-refractivity contribution in [3.05, 3.63) is 0 Å². The van der Waals surface area contributed by atoms with E-state index in [1.807, 2.05) is 13.8 Å². The van der Waals surface area contributed by atoms with Gasteiger partial charge in [0.25, 0.3) is 0 Å². The highest BCUT2D eigenvalue weighted by atomic mass is 16.4. The van der Waals surface area contributed by atoms with E-state index in [0.29, 0.717) is 0 Å². The largest absolute Gasteiger partial charge is 0.481 e. The average molecular weight is 144 g/mol. The summed E-state index contributed by atoms with van der Waals surface area (Å²) < 4.78 is 0. The number of carboxylic acids is 1. The smallest absolute Gasteiger partial charge is 0.303 e. The molecule has 0 aromatic heterocycles. The SMILES string of the molecule is CCCC(C)(C)CC(=O)O. The van der Waals surface area contributed by atoms with E-state index in [0.717, 1.165) is 12.8 Å². The Bertz CT molecular complexity index is 116. The Morgan fingerprint density at radius 1 is 1.50 bits per heavy atom. The molecule has 0 amide bonds. The van der Waals surface area contributed by atoms with Gasteiger partial charge in [-0.2, -0.15) is 0 Å². The lowest BCUT2D eigenvalue weighted by Crippen LogP contribution is -2.16. The van der Waals surface area contributed by atoms with Gasteiger partial charge in [0, 0.05) is 0 Å². The fourth-order valence-electron chi connectivity index (χ4n) is 1.17. The summed E-state index contributed by atoms with van der Waals surface area (Å²) in [6.07, 6.45) is 2.32. The molecule has 0 rings (SSSR count). The first kappa shape index (κ1) is 9.47. The van der Waals surface area contributed by atoms with Crippen LogP contribution in [0.1, 0.15) is 40.0 Å². The fourth-order valence-corrected chi connectivity index (χ4v) is 1.17. The minimum absolute atomic E-state index is 0.0272.